The number of para-hydroxylation sites is 1. The summed E-state index contributed by atoms with van der Waals surface area (Å²) in [6, 6.07) is 12.5. The Balaban J connectivity index is 1.85. The van der Waals surface area contributed by atoms with Gasteiger partial charge in [-0.1, -0.05) is 44.3 Å². The molecule has 2 N–H and O–H groups in total. The molecule has 29 heavy (non-hydrogen) atoms. The van der Waals surface area contributed by atoms with Crippen LogP contribution in [0, 0.1) is 5.41 Å². The molecule has 0 saturated carbocycles. The van der Waals surface area contributed by atoms with Crippen molar-refractivity contribution in [1.29, 1.82) is 0 Å². The van der Waals surface area contributed by atoms with Crippen molar-refractivity contribution in [2.75, 3.05) is 5.32 Å². The van der Waals surface area contributed by atoms with E-state index in [9.17, 15) is 13.6 Å². The maximum atomic E-state index is 12.9. The number of ketones is 1. The fraction of sp³-hybridized carbons (Fsp3) is 0.318. The molecule has 1 aromatic carbocycles. The van der Waals surface area contributed by atoms with Gasteiger partial charge in [-0.05, 0) is 41.7 Å². The highest BCUT2D eigenvalue weighted by molar-refractivity contribution is 7.81. The molecule has 1 aliphatic carbocycles. The van der Waals surface area contributed by atoms with Gasteiger partial charge in [0.2, 0.25) is 0 Å². The first kappa shape index (κ1) is 21.0. The van der Waals surface area contributed by atoms with Crippen LogP contribution in [0.15, 0.2) is 59.9 Å². The average Bonchev–Trinajstić information content (AvgIpc) is 2.66. The minimum absolute atomic E-state index is 0.0276. The summed E-state index contributed by atoms with van der Waals surface area (Å²) in [4.78, 5) is 16.9. The number of allylic oxidation sites excluding steroid dienone is 1. The lowest BCUT2D eigenvalue weighted by Crippen LogP contribution is -2.35. The molecule has 7 heteroatoms. The molecule has 152 valence electrons. The van der Waals surface area contributed by atoms with Crippen LogP contribution in [0.2, 0.25) is 0 Å². The molecule has 0 spiro atoms. The zero-order chi connectivity index (χ0) is 21.0. The number of aromatic nitrogens is 1. The molecule has 1 heterocycles. The van der Waals surface area contributed by atoms with Crippen LogP contribution in [0.4, 0.5) is 14.5 Å². The Kier molecular flexibility index (Phi) is 6.37. The number of anilines is 1. The van der Waals surface area contributed by atoms with Gasteiger partial charge in [0.05, 0.1) is 5.57 Å². The zero-order valence-electron chi connectivity index (χ0n) is 16.3. The molecule has 0 aliphatic heterocycles. The van der Waals surface area contributed by atoms with Crippen molar-refractivity contribution in [2.45, 2.75) is 39.7 Å². The third-order valence-electron chi connectivity index (χ3n) is 4.71. The molecule has 1 aliphatic rings. The molecule has 0 bridgehead atoms. The standard InChI is InChI=1S/C22H23F2N3OS/c1-22(2)11-17(26-13-14-8-9-25-16(10-14)20(23)24)19(18(28)12-22)21(29)27-15-6-4-3-5-7-15/h3-10,20,26H,11-13H2,1-2H3,(H,27,29). The number of Topliss-reactive ketones (excluding diaryl/α,β-unsaturated/α-hetero) is 1. The number of carbonyl (C=O) groups excluding carboxylic acids is 1. The van der Waals surface area contributed by atoms with E-state index in [2.05, 4.69) is 15.6 Å². The first-order valence-corrected chi connectivity index (χ1v) is 9.75. The van der Waals surface area contributed by atoms with Gasteiger partial charge in [-0.25, -0.2) is 8.78 Å². The van der Waals surface area contributed by atoms with Crippen molar-refractivity contribution in [1.82, 2.24) is 10.3 Å². The molecular weight excluding hydrogens is 392 g/mol. The van der Waals surface area contributed by atoms with Crippen LogP contribution >= 0.6 is 12.2 Å². The number of benzene rings is 1. The summed E-state index contributed by atoms with van der Waals surface area (Å²) >= 11 is 5.53. The lowest BCUT2D eigenvalue weighted by atomic mass is 9.75. The maximum absolute atomic E-state index is 12.9. The Morgan fingerprint density at radius 3 is 2.62 bits per heavy atom. The molecule has 0 fully saturated rings. The van der Waals surface area contributed by atoms with Crippen LogP contribution in [0.5, 0.6) is 0 Å². The number of halogens is 2. The van der Waals surface area contributed by atoms with E-state index in [-0.39, 0.29) is 16.9 Å². The van der Waals surface area contributed by atoms with Crippen molar-refractivity contribution in [3.05, 3.63) is 71.2 Å². The van der Waals surface area contributed by atoms with E-state index in [1.54, 1.807) is 6.07 Å². The topological polar surface area (TPSA) is 54.0 Å². The number of pyridine rings is 1. The Labute approximate surface area is 174 Å². The minimum atomic E-state index is -2.62. The van der Waals surface area contributed by atoms with Crippen molar-refractivity contribution < 1.29 is 13.6 Å². The van der Waals surface area contributed by atoms with Crippen LogP contribution in [0.3, 0.4) is 0 Å². The lowest BCUT2D eigenvalue weighted by molar-refractivity contribution is -0.117. The van der Waals surface area contributed by atoms with E-state index in [1.165, 1.54) is 12.3 Å². The smallest absolute Gasteiger partial charge is 0.280 e. The fourth-order valence-electron chi connectivity index (χ4n) is 3.38. The zero-order valence-corrected chi connectivity index (χ0v) is 17.2. The summed E-state index contributed by atoms with van der Waals surface area (Å²) in [6.07, 6.45) is -0.222. The minimum Gasteiger partial charge on any atom is -0.384 e. The van der Waals surface area contributed by atoms with Crippen LogP contribution in [-0.4, -0.2) is 15.8 Å². The monoisotopic (exact) mass is 415 g/mol. The van der Waals surface area contributed by atoms with Crippen LogP contribution in [0.25, 0.3) is 0 Å². The number of nitrogens with one attached hydrogen (secondary N) is 2. The SMILES string of the molecule is CC1(C)CC(=O)C(C(=S)Nc2ccccc2)=C(NCc2ccnc(C(F)F)c2)C1. The summed E-state index contributed by atoms with van der Waals surface area (Å²) in [6.45, 7) is 4.36. The summed E-state index contributed by atoms with van der Waals surface area (Å²) in [5.74, 6) is -0.0276. The largest absolute Gasteiger partial charge is 0.384 e. The van der Waals surface area contributed by atoms with E-state index in [4.69, 9.17) is 12.2 Å². The van der Waals surface area contributed by atoms with E-state index >= 15 is 0 Å². The van der Waals surface area contributed by atoms with Crippen LogP contribution in [0.1, 0.15) is 44.4 Å². The first-order valence-electron chi connectivity index (χ1n) is 9.35. The van der Waals surface area contributed by atoms with E-state index in [0.29, 0.717) is 35.5 Å². The number of thiocarbonyl (C=S) groups is 1. The second-order valence-corrected chi connectivity index (χ2v) is 8.27. The van der Waals surface area contributed by atoms with Gasteiger partial charge in [-0.2, -0.15) is 0 Å². The van der Waals surface area contributed by atoms with Crippen molar-refractivity contribution >= 4 is 28.7 Å². The predicted molar refractivity (Wildman–Crippen MR) is 114 cm³/mol. The first-order chi connectivity index (χ1) is 13.7. The maximum Gasteiger partial charge on any atom is 0.280 e. The normalized spacial score (nSPS) is 16.1. The van der Waals surface area contributed by atoms with Crippen molar-refractivity contribution in [2.24, 2.45) is 5.41 Å². The van der Waals surface area contributed by atoms with E-state index in [0.717, 1.165) is 11.4 Å². The number of carbonyl (C=O) groups is 1. The molecule has 3 rings (SSSR count). The molecule has 2 aromatic rings. The quantitative estimate of drug-likeness (QED) is 0.636. The molecular formula is C22H23F2N3OS. The summed E-state index contributed by atoms with van der Waals surface area (Å²) in [5.41, 5.74) is 2.19. The van der Waals surface area contributed by atoms with Crippen LogP contribution < -0.4 is 10.6 Å². The number of alkyl halides is 2. The third-order valence-corrected chi connectivity index (χ3v) is 5.01. The summed E-state index contributed by atoms with van der Waals surface area (Å²) < 4.78 is 25.8. The Morgan fingerprint density at radius 1 is 1.21 bits per heavy atom. The number of hydrogen-bond donors (Lipinski definition) is 2. The summed E-state index contributed by atoms with van der Waals surface area (Å²) in [7, 11) is 0. The van der Waals surface area contributed by atoms with E-state index in [1.807, 2.05) is 44.2 Å². The van der Waals surface area contributed by atoms with Crippen molar-refractivity contribution in [3.8, 4) is 0 Å². The van der Waals surface area contributed by atoms with Gasteiger partial charge in [0.1, 0.15) is 10.7 Å². The second-order valence-electron chi connectivity index (χ2n) is 7.86. The molecule has 0 unspecified atom stereocenters. The van der Waals surface area contributed by atoms with Gasteiger partial charge in [-0.3, -0.25) is 9.78 Å². The van der Waals surface area contributed by atoms with Crippen molar-refractivity contribution in [3.63, 3.8) is 0 Å². The van der Waals surface area contributed by atoms with E-state index < -0.39 is 6.43 Å². The molecule has 4 nitrogen and oxygen atoms in total. The van der Waals surface area contributed by atoms with Gasteiger partial charge in [-0.15, -0.1) is 0 Å². The average molecular weight is 416 g/mol. The van der Waals surface area contributed by atoms with Gasteiger partial charge in [0, 0.05) is 30.5 Å². The van der Waals surface area contributed by atoms with Gasteiger partial charge >= 0.3 is 0 Å². The highest BCUT2D eigenvalue weighted by atomic mass is 32.1. The Bertz CT molecular complexity index is 942. The van der Waals surface area contributed by atoms with Crippen LogP contribution in [-0.2, 0) is 11.3 Å². The molecule has 0 atom stereocenters. The second kappa shape index (κ2) is 8.78. The Morgan fingerprint density at radius 2 is 1.93 bits per heavy atom. The molecule has 0 amide bonds. The van der Waals surface area contributed by atoms with Gasteiger partial charge in [0.15, 0.2) is 5.78 Å². The third kappa shape index (κ3) is 5.44. The summed E-state index contributed by atoms with van der Waals surface area (Å²) in [5, 5.41) is 6.39. The molecule has 0 radical (unpaired) electrons. The van der Waals surface area contributed by atoms with Gasteiger partial charge in [0.25, 0.3) is 6.43 Å². The molecule has 0 saturated heterocycles. The lowest BCUT2D eigenvalue weighted by Gasteiger charge is -2.33. The highest BCUT2D eigenvalue weighted by Gasteiger charge is 2.34. The van der Waals surface area contributed by atoms with Gasteiger partial charge < -0.3 is 10.6 Å². The highest BCUT2D eigenvalue weighted by Crippen LogP contribution is 2.36. The number of rotatable bonds is 6. The number of hydrogen-bond acceptors (Lipinski definition) is 4. The predicted octanol–water partition coefficient (Wildman–Crippen LogP) is 5.19. The Hall–Kier alpha value is -2.67. The number of nitrogens with zero attached hydrogens (tertiary/aromatic N) is 1. The fourth-order valence-corrected chi connectivity index (χ4v) is 3.74. The molecule has 1 aromatic heterocycles.